The lowest BCUT2D eigenvalue weighted by Crippen LogP contribution is -2.30. The van der Waals surface area contributed by atoms with Crippen LogP contribution in [0, 0.1) is 41.2 Å². The van der Waals surface area contributed by atoms with Crippen molar-refractivity contribution in [2.45, 2.75) is 63.5 Å². The Morgan fingerprint density at radius 3 is 2.18 bits per heavy atom. The fourth-order valence-corrected chi connectivity index (χ4v) is 5.73. The molecule has 2 aliphatic carbocycles. The molecule has 0 aromatic heterocycles. The number of allylic oxidation sites excluding steroid dienone is 1. The van der Waals surface area contributed by atoms with Gasteiger partial charge < -0.3 is 0 Å². The van der Waals surface area contributed by atoms with Gasteiger partial charge in [0, 0.05) is 5.56 Å². The van der Waals surface area contributed by atoms with Gasteiger partial charge in [0.05, 0.1) is 11.1 Å². The SMILES string of the molecule is C=CCCC1CCC2CC(c3cc(F)c(C#Cc4ccc(C(F)(F)F)cc4)c(F)c3)CCC2C1. The molecule has 2 aromatic rings. The Bertz CT molecular complexity index is 1050. The minimum atomic E-state index is -4.44. The van der Waals surface area contributed by atoms with E-state index in [4.69, 9.17) is 0 Å². The lowest BCUT2D eigenvalue weighted by Gasteiger charge is -2.42. The standard InChI is InChI=1S/C29H29F5/c1-2-3-4-20-5-9-22-16-23(11-10-21(22)15-20)24-17-27(30)26(28(31)18-24)14-8-19-6-12-25(13-7-19)29(32,33)34/h2,6-7,12-13,17-18,20-23H,1,3-5,9-11,15-16H2. The largest absolute Gasteiger partial charge is 0.416 e. The summed E-state index contributed by atoms with van der Waals surface area (Å²) in [6, 6.07) is 6.99. The van der Waals surface area contributed by atoms with Gasteiger partial charge in [-0.05, 0) is 111 Å². The molecule has 0 heterocycles. The lowest BCUT2D eigenvalue weighted by molar-refractivity contribution is -0.137. The molecule has 2 aliphatic rings. The molecule has 0 nitrogen and oxygen atoms in total. The van der Waals surface area contributed by atoms with Crippen LogP contribution in [0.2, 0.25) is 0 Å². The topological polar surface area (TPSA) is 0 Å². The van der Waals surface area contributed by atoms with Crippen LogP contribution >= 0.6 is 0 Å². The van der Waals surface area contributed by atoms with Crippen molar-refractivity contribution in [2.75, 3.05) is 0 Å². The fourth-order valence-electron chi connectivity index (χ4n) is 5.73. The highest BCUT2D eigenvalue weighted by Crippen LogP contribution is 2.48. The third-order valence-corrected chi connectivity index (χ3v) is 7.58. The molecule has 0 saturated heterocycles. The van der Waals surface area contributed by atoms with E-state index < -0.39 is 23.4 Å². The highest BCUT2D eigenvalue weighted by Gasteiger charge is 2.36. The molecule has 4 unspecified atom stereocenters. The second-order valence-corrected chi connectivity index (χ2v) is 9.76. The molecule has 180 valence electrons. The second kappa shape index (κ2) is 10.3. The van der Waals surface area contributed by atoms with Crippen molar-refractivity contribution in [3.8, 4) is 11.8 Å². The van der Waals surface area contributed by atoms with Gasteiger partial charge in [-0.25, -0.2) is 8.78 Å². The number of hydrogen-bond acceptors (Lipinski definition) is 0. The minimum absolute atomic E-state index is 0.145. The molecule has 0 amide bonds. The molecule has 0 bridgehead atoms. The van der Waals surface area contributed by atoms with Crippen LogP contribution < -0.4 is 0 Å². The summed E-state index contributed by atoms with van der Waals surface area (Å²) in [5, 5.41) is 0. The first kappa shape index (κ1) is 24.5. The van der Waals surface area contributed by atoms with Crippen LogP contribution in [-0.4, -0.2) is 0 Å². The number of halogens is 5. The molecule has 2 fully saturated rings. The average Bonchev–Trinajstić information content (AvgIpc) is 2.81. The first-order valence-electron chi connectivity index (χ1n) is 12.0. The number of benzene rings is 2. The smallest absolute Gasteiger partial charge is 0.206 e. The average molecular weight is 473 g/mol. The molecule has 4 rings (SSSR count). The fraction of sp³-hybridized carbons (Fsp3) is 0.448. The van der Waals surface area contributed by atoms with Gasteiger partial charge in [-0.1, -0.05) is 24.3 Å². The lowest BCUT2D eigenvalue weighted by atomic mass is 9.63. The summed E-state index contributed by atoms with van der Waals surface area (Å²) < 4.78 is 67.6. The van der Waals surface area contributed by atoms with Gasteiger partial charge in [0.2, 0.25) is 0 Å². The van der Waals surface area contributed by atoms with Gasteiger partial charge in [-0.15, -0.1) is 6.58 Å². The minimum Gasteiger partial charge on any atom is -0.206 e. The molecular formula is C29H29F5. The third-order valence-electron chi connectivity index (χ3n) is 7.58. The van der Waals surface area contributed by atoms with Crippen molar-refractivity contribution in [3.63, 3.8) is 0 Å². The van der Waals surface area contributed by atoms with Crippen LogP contribution in [0.4, 0.5) is 22.0 Å². The maximum Gasteiger partial charge on any atom is 0.416 e. The van der Waals surface area contributed by atoms with Crippen LogP contribution in [0.1, 0.15) is 79.5 Å². The maximum atomic E-state index is 14.8. The van der Waals surface area contributed by atoms with Crippen LogP contribution in [0.25, 0.3) is 0 Å². The molecular weight excluding hydrogens is 443 g/mol. The van der Waals surface area contributed by atoms with Gasteiger partial charge >= 0.3 is 6.18 Å². The molecule has 0 radical (unpaired) electrons. The summed E-state index contributed by atoms with van der Waals surface area (Å²) in [4.78, 5) is 0. The molecule has 2 aromatic carbocycles. The van der Waals surface area contributed by atoms with Gasteiger partial charge in [0.15, 0.2) is 0 Å². The summed E-state index contributed by atoms with van der Waals surface area (Å²) in [5.41, 5.74) is -0.194. The van der Waals surface area contributed by atoms with Crippen molar-refractivity contribution >= 4 is 0 Å². The Hall–Kier alpha value is -2.61. The van der Waals surface area contributed by atoms with E-state index >= 15 is 0 Å². The molecule has 0 spiro atoms. The molecule has 4 atom stereocenters. The summed E-state index contributed by atoms with van der Waals surface area (Å²) >= 11 is 0. The van der Waals surface area contributed by atoms with E-state index in [1.807, 2.05) is 6.08 Å². The first-order chi connectivity index (χ1) is 16.2. The summed E-state index contributed by atoms with van der Waals surface area (Å²) in [7, 11) is 0. The zero-order chi connectivity index (χ0) is 24.3. The number of alkyl halides is 3. The molecule has 5 heteroatoms. The third kappa shape index (κ3) is 5.71. The molecule has 34 heavy (non-hydrogen) atoms. The predicted molar refractivity (Wildman–Crippen MR) is 124 cm³/mol. The molecule has 0 aliphatic heterocycles. The van der Waals surface area contributed by atoms with Gasteiger partial charge in [-0.2, -0.15) is 13.2 Å². The van der Waals surface area contributed by atoms with E-state index in [1.165, 1.54) is 49.9 Å². The number of rotatable bonds is 4. The Morgan fingerprint density at radius 2 is 1.53 bits per heavy atom. The van der Waals surface area contributed by atoms with Gasteiger partial charge in [-0.3, -0.25) is 0 Å². The summed E-state index contributed by atoms with van der Waals surface area (Å²) in [6.07, 6.45) is 6.49. The second-order valence-electron chi connectivity index (χ2n) is 9.76. The van der Waals surface area contributed by atoms with E-state index in [0.717, 1.165) is 43.7 Å². The predicted octanol–water partition coefficient (Wildman–Crippen LogP) is 8.65. The highest BCUT2D eigenvalue weighted by atomic mass is 19.4. The molecule has 2 saturated carbocycles. The van der Waals surface area contributed by atoms with E-state index in [-0.39, 0.29) is 17.0 Å². The van der Waals surface area contributed by atoms with E-state index in [1.54, 1.807) is 0 Å². The Labute approximate surface area is 198 Å². The Morgan fingerprint density at radius 1 is 0.882 bits per heavy atom. The van der Waals surface area contributed by atoms with Crippen LogP contribution in [0.15, 0.2) is 49.1 Å². The van der Waals surface area contributed by atoms with Crippen LogP contribution in [-0.2, 0) is 6.18 Å². The van der Waals surface area contributed by atoms with Crippen molar-refractivity contribution < 1.29 is 22.0 Å². The number of fused-ring (bicyclic) bond motifs is 1. The van der Waals surface area contributed by atoms with Crippen molar-refractivity contribution in [1.29, 1.82) is 0 Å². The van der Waals surface area contributed by atoms with Gasteiger partial charge in [0.1, 0.15) is 11.6 Å². The normalized spacial score (nSPS) is 24.6. The van der Waals surface area contributed by atoms with E-state index in [9.17, 15) is 22.0 Å². The van der Waals surface area contributed by atoms with E-state index in [2.05, 4.69) is 18.4 Å². The van der Waals surface area contributed by atoms with Crippen molar-refractivity contribution in [3.05, 3.63) is 82.9 Å². The Kier molecular flexibility index (Phi) is 7.45. The monoisotopic (exact) mass is 472 g/mol. The molecule has 0 N–H and O–H groups in total. The first-order valence-corrected chi connectivity index (χ1v) is 12.0. The van der Waals surface area contributed by atoms with E-state index in [0.29, 0.717) is 17.4 Å². The van der Waals surface area contributed by atoms with Crippen LogP contribution in [0.3, 0.4) is 0 Å². The van der Waals surface area contributed by atoms with Crippen molar-refractivity contribution in [1.82, 2.24) is 0 Å². The highest BCUT2D eigenvalue weighted by molar-refractivity contribution is 5.46. The zero-order valence-electron chi connectivity index (χ0n) is 19.1. The van der Waals surface area contributed by atoms with Crippen LogP contribution in [0.5, 0.6) is 0 Å². The summed E-state index contributed by atoms with van der Waals surface area (Å²) in [5.74, 6) is 5.84. The van der Waals surface area contributed by atoms with Crippen molar-refractivity contribution in [2.24, 2.45) is 17.8 Å². The number of hydrogen-bond donors (Lipinski definition) is 0. The quantitative estimate of drug-likeness (QED) is 0.237. The summed E-state index contributed by atoms with van der Waals surface area (Å²) in [6.45, 7) is 3.82. The van der Waals surface area contributed by atoms with Gasteiger partial charge in [0.25, 0.3) is 0 Å². The Balaban J connectivity index is 1.44. The maximum absolute atomic E-state index is 14.8. The zero-order valence-corrected chi connectivity index (χ0v) is 19.1.